The zero-order chi connectivity index (χ0) is 9.97. The van der Waals surface area contributed by atoms with Crippen LogP contribution in [0.25, 0.3) is 16.8 Å². The van der Waals surface area contributed by atoms with Crippen LogP contribution in [0.3, 0.4) is 0 Å². The molecule has 0 amide bonds. The van der Waals surface area contributed by atoms with Crippen molar-refractivity contribution in [3.05, 3.63) is 42.7 Å². The third-order valence-corrected chi connectivity index (χ3v) is 2.34. The summed E-state index contributed by atoms with van der Waals surface area (Å²) in [4.78, 5) is 4.12. The SMILES string of the molecule is C=Cc1c(NC)ccc2ccncc12. The summed E-state index contributed by atoms with van der Waals surface area (Å²) in [7, 11) is 1.91. The van der Waals surface area contributed by atoms with E-state index < -0.39 is 0 Å². The van der Waals surface area contributed by atoms with Crippen LogP contribution in [0.2, 0.25) is 0 Å². The molecule has 14 heavy (non-hydrogen) atoms. The number of anilines is 1. The molecule has 2 rings (SSSR count). The van der Waals surface area contributed by atoms with Gasteiger partial charge in [0.1, 0.15) is 0 Å². The molecule has 1 heterocycles. The number of benzene rings is 1. The van der Waals surface area contributed by atoms with Crippen molar-refractivity contribution in [2.45, 2.75) is 0 Å². The maximum absolute atomic E-state index is 4.12. The first-order valence-corrected chi connectivity index (χ1v) is 4.53. The molecule has 1 N–H and O–H groups in total. The topological polar surface area (TPSA) is 24.9 Å². The minimum absolute atomic E-state index is 1.08. The average Bonchev–Trinajstić information content (AvgIpc) is 2.27. The molecule has 0 saturated carbocycles. The molecule has 2 nitrogen and oxygen atoms in total. The van der Waals surface area contributed by atoms with Gasteiger partial charge < -0.3 is 5.32 Å². The molecular weight excluding hydrogens is 172 g/mol. The molecule has 1 aromatic carbocycles. The highest BCUT2D eigenvalue weighted by Gasteiger charge is 2.02. The van der Waals surface area contributed by atoms with Gasteiger partial charge in [-0.05, 0) is 17.5 Å². The molecule has 70 valence electrons. The lowest BCUT2D eigenvalue weighted by Gasteiger charge is -2.08. The second-order valence-electron chi connectivity index (χ2n) is 3.08. The maximum Gasteiger partial charge on any atom is 0.0418 e. The third-order valence-electron chi connectivity index (χ3n) is 2.34. The van der Waals surface area contributed by atoms with Gasteiger partial charge in [0.2, 0.25) is 0 Å². The molecule has 2 aromatic rings. The number of aromatic nitrogens is 1. The van der Waals surface area contributed by atoms with Crippen LogP contribution in [0, 0.1) is 0 Å². The zero-order valence-corrected chi connectivity index (χ0v) is 8.12. The van der Waals surface area contributed by atoms with Crippen LogP contribution in [0.5, 0.6) is 0 Å². The molecule has 1 aromatic heterocycles. The van der Waals surface area contributed by atoms with Crippen molar-refractivity contribution in [3.63, 3.8) is 0 Å². The van der Waals surface area contributed by atoms with Crippen molar-refractivity contribution in [1.82, 2.24) is 4.98 Å². The van der Waals surface area contributed by atoms with Crippen LogP contribution in [0.15, 0.2) is 37.2 Å². The predicted octanol–water partition coefficient (Wildman–Crippen LogP) is 2.92. The van der Waals surface area contributed by atoms with E-state index in [-0.39, 0.29) is 0 Å². The molecular formula is C12H12N2. The van der Waals surface area contributed by atoms with Crippen molar-refractivity contribution in [2.24, 2.45) is 0 Å². The van der Waals surface area contributed by atoms with E-state index in [0.29, 0.717) is 0 Å². The van der Waals surface area contributed by atoms with E-state index in [9.17, 15) is 0 Å². The molecule has 2 heteroatoms. The van der Waals surface area contributed by atoms with E-state index in [1.54, 1.807) is 6.20 Å². The van der Waals surface area contributed by atoms with Crippen LogP contribution < -0.4 is 5.32 Å². The standard InChI is InChI=1S/C12H12N2/c1-3-10-11-8-14-7-6-9(11)4-5-12(10)13-2/h3-8,13H,1H2,2H3. The molecule has 0 atom stereocenters. The monoisotopic (exact) mass is 184 g/mol. The van der Waals surface area contributed by atoms with Crippen LogP contribution in [-0.2, 0) is 0 Å². The summed E-state index contributed by atoms with van der Waals surface area (Å²) in [6.07, 6.45) is 5.53. The molecule has 0 aliphatic heterocycles. The van der Waals surface area contributed by atoms with Gasteiger partial charge in [-0.25, -0.2) is 0 Å². The summed E-state index contributed by atoms with van der Waals surface area (Å²) in [5, 5.41) is 5.46. The summed E-state index contributed by atoms with van der Waals surface area (Å²) in [6.45, 7) is 3.82. The minimum atomic E-state index is 1.08. The van der Waals surface area contributed by atoms with Gasteiger partial charge in [-0.1, -0.05) is 18.7 Å². The van der Waals surface area contributed by atoms with Crippen LogP contribution in [0.1, 0.15) is 5.56 Å². The van der Waals surface area contributed by atoms with E-state index in [2.05, 4.69) is 29.0 Å². The van der Waals surface area contributed by atoms with E-state index in [4.69, 9.17) is 0 Å². The molecule has 0 spiro atoms. The Hall–Kier alpha value is -1.83. The Labute approximate surface area is 83.3 Å². The van der Waals surface area contributed by atoms with E-state index in [0.717, 1.165) is 16.6 Å². The van der Waals surface area contributed by atoms with Crippen molar-refractivity contribution in [2.75, 3.05) is 12.4 Å². The number of nitrogens with one attached hydrogen (secondary N) is 1. The Morgan fingerprint density at radius 3 is 2.93 bits per heavy atom. The number of fused-ring (bicyclic) bond motifs is 1. The third kappa shape index (κ3) is 1.25. The Morgan fingerprint density at radius 2 is 2.21 bits per heavy atom. The lowest BCUT2D eigenvalue weighted by molar-refractivity contribution is 1.36. The fourth-order valence-corrected chi connectivity index (χ4v) is 1.62. The predicted molar refractivity (Wildman–Crippen MR) is 61.4 cm³/mol. The Morgan fingerprint density at radius 1 is 1.36 bits per heavy atom. The number of nitrogens with zero attached hydrogens (tertiary/aromatic N) is 1. The van der Waals surface area contributed by atoms with E-state index >= 15 is 0 Å². The minimum Gasteiger partial charge on any atom is -0.388 e. The zero-order valence-electron chi connectivity index (χ0n) is 8.12. The molecule has 0 bridgehead atoms. The van der Waals surface area contributed by atoms with E-state index in [1.807, 2.05) is 25.4 Å². The van der Waals surface area contributed by atoms with Gasteiger partial charge in [0.05, 0.1) is 0 Å². The van der Waals surface area contributed by atoms with Crippen molar-refractivity contribution >= 4 is 22.5 Å². The first-order chi connectivity index (χ1) is 6.86. The fourth-order valence-electron chi connectivity index (χ4n) is 1.62. The summed E-state index contributed by atoms with van der Waals surface area (Å²) in [5.74, 6) is 0. The lowest BCUT2D eigenvalue weighted by Crippen LogP contribution is -1.92. The molecule has 0 radical (unpaired) electrons. The van der Waals surface area contributed by atoms with Crippen LogP contribution >= 0.6 is 0 Å². The summed E-state index contributed by atoms with van der Waals surface area (Å²) < 4.78 is 0. The molecule has 0 unspecified atom stereocenters. The summed E-state index contributed by atoms with van der Waals surface area (Å²) in [5.41, 5.74) is 2.19. The normalized spacial score (nSPS) is 10.1. The van der Waals surface area contributed by atoms with Gasteiger partial charge in [0, 0.05) is 36.1 Å². The highest BCUT2D eigenvalue weighted by Crippen LogP contribution is 2.25. The number of hydrogen-bond donors (Lipinski definition) is 1. The smallest absolute Gasteiger partial charge is 0.0418 e. The largest absolute Gasteiger partial charge is 0.388 e. The molecule has 0 fully saturated rings. The van der Waals surface area contributed by atoms with Crippen molar-refractivity contribution in [3.8, 4) is 0 Å². The van der Waals surface area contributed by atoms with Gasteiger partial charge in [-0.2, -0.15) is 0 Å². The quantitative estimate of drug-likeness (QED) is 0.776. The van der Waals surface area contributed by atoms with Crippen LogP contribution in [-0.4, -0.2) is 12.0 Å². The Bertz CT molecular complexity index is 475. The highest BCUT2D eigenvalue weighted by atomic mass is 14.8. The number of pyridine rings is 1. The second-order valence-corrected chi connectivity index (χ2v) is 3.08. The van der Waals surface area contributed by atoms with Gasteiger partial charge in [-0.15, -0.1) is 0 Å². The highest BCUT2D eigenvalue weighted by molar-refractivity contribution is 5.94. The fraction of sp³-hybridized carbons (Fsp3) is 0.0833. The lowest BCUT2D eigenvalue weighted by atomic mass is 10.0. The Kier molecular flexibility index (Phi) is 2.19. The maximum atomic E-state index is 4.12. The molecule has 0 aliphatic rings. The van der Waals surface area contributed by atoms with Gasteiger partial charge in [0.25, 0.3) is 0 Å². The van der Waals surface area contributed by atoms with Crippen LogP contribution in [0.4, 0.5) is 5.69 Å². The second kappa shape index (κ2) is 3.50. The van der Waals surface area contributed by atoms with Crippen molar-refractivity contribution in [1.29, 1.82) is 0 Å². The molecule has 0 aliphatic carbocycles. The van der Waals surface area contributed by atoms with Gasteiger partial charge in [0.15, 0.2) is 0 Å². The van der Waals surface area contributed by atoms with Crippen molar-refractivity contribution < 1.29 is 0 Å². The first-order valence-electron chi connectivity index (χ1n) is 4.53. The first kappa shape index (κ1) is 8.75. The summed E-state index contributed by atoms with van der Waals surface area (Å²) >= 11 is 0. The Balaban J connectivity index is 2.83. The molecule has 0 saturated heterocycles. The average molecular weight is 184 g/mol. The van der Waals surface area contributed by atoms with Gasteiger partial charge >= 0.3 is 0 Å². The number of rotatable bonds is 2. The van der Waals surface area contributed by atoms with E-state index in [1.165, 1.54) is 5.39 Å². The summed E-state index contributed by atoms with van der Waals surface area (Å²) in [6, 6.07) is 6.14. The number of hydrogen-bond acceptors (Lipinski definition) is 2. The van der Waals surface area contributed by atoms with Gasteiger partial charge in [-0.3, -0.25) is 4.98 Å².